The highest BCUT2D eigenvalue weighted by atomic mass is 35.5. The smallest absolute Gasteiger partial charge is 0.317 e. The topological polar surface area (TPSA) is 44.8 Å². The van der Waals surface area contributed by atoms with Crippen LogP contribution in [-0.4, -0.2) is 61.8 Å². The Balaban J connectivity index is 1.39. The van der Waals surface area contributed by atoms with E-state index in [-0.39, 0.29) is 12.1 Å². The van der Waals surface area contributed by atoms with Crippen LogP contribution in [0, 0.1) is 5.92 Å². The van der Waals surface area contributed by atoms with Gasteiger partial charge in [0.05, 0.1) is 6.61 Å². The van der Waals surface area contributed by atoms with E-state index in [0.29, 0.717) is 5.92 Å². The molecule has 138 valence electrons. The predicted octanol–water partition coefficient (Wildman–Crippen LogP) is 2.98. The molecule has 0 aromatic heterocycles. The second-order valence-electron chi connectivity index (χ2n) is 7.18. The van der Waals surface area contributed by atoms with Gasteiger partial charge in [-0.1, -0.05) is 23.7 Å². The van der Waals surface area contributed by atoms with Gasteiger partial charge in [-0.25, -0.2) is 4.79 Å². The number of amides is 2. The van der Waals surface area contributed by atoms with Crippen LogP contribution in [-0.2, 0) is 11.3 Å². The van der Waals surface area contributed by atoms with Gasteiger partial charge in [0.2, 0.25) is 0 Å². The first-order chi connectivity index (χ1) is 12.1. The average Bonchev–Trinajstić information content (AvgIpc) is 3.08. The molecule has 1 aromatic rings. The minimum Gasteiger partial charge on any atom is -0.384 e. The third-order valence-corrected chi connectivity index (χ3v) is 5.46. The Kier molecular flexibility index (Phi) is 6.57. The van der Waals surface area contributed by atoms with Crippen LogP contribution in [0.25, 0.3) is 0 Å². The van der Waals surface area contributed by atoms with Gasteiger partial charge in [-0.2, -0.15) is 0 Å². The van der Waals surface area contributed by atoms with Crippen LogP contribution < -0.4 is 5.32 Å². The van der Waals surface area contributed by atoms with Crippen molar-refractivity contribution >= 4 is 17.6 Å². The molecular formula is C19H28ClN3O2. The van der Waals surface area contributed by atoms with E-state index in [1.165, 1.54) is 5.56 Å². The number of rotatable bonds is 5. The van der Waals surface area contributed by atoms with E-state index in [0.717, 1.165) is 63.6 Å². The Hall–Kier alpha value is -1.30. The Labute approximate surface area is 155 Å². The van der Waals surface area contributed by atoms with Crippen molar-refractivity contribution in [1.82, 2.24) is 15.1 Å². The lowest BCUT2D eigenvalue weighted by Crippen LogP contribution is -2.48. The number of nitrogens with one attached hydrogen (secondary N) is 1. The maximum Gasteiger partial charge on any atom is 0.317 e. The normalized spacial score (nSPS) is 22.3. The summed E-state index contributed by atoms with van der Waals surface area (Å²) in [5, 5.41) is 4.00. The molecule has 1 N–H and O–H groups in total. The minimum absolute atomic E-state index is 0.0924. The molecule has 0 spiro atoms. The van der Waals surface area contributed by atoms with Gasteiger partial charge in [-0.3, -0.25) is 4.90 Å². The van der Waals surface area contributed by atoms with Crippen LogP contribution >= 0.6 is 11.6 Å². The Bertz CT molecular complexity index is 558. The molecule has 2 amide bonds. The van der Waals surface area contributed by atoms with Crippen LogP contribution in [0.15, 0.2) is 24.3 Å². The number of likely N-dealkylation sites (tertiary alicyclic amines) is 2. The van der Waals surface area contributed by atoms with Gasteiger partial charge in [0.15, 0.2) is 0 Å². The van der Waals surface area contributed by atoms with Crippen molar-refractivity contribution in [1.29, 1.82) is 0 Å². The third kappa shape index (κ3) is 5.33. The molecule has 6 heteroatoms. The first-order valence-corrected chi connectivity index (χ1v) is 9.53. The summed E-state index contributed by atoms with van der Waals surface area (Å²) in [5.74, 6) is 0.483. The second kappa shape index (κ2) is 8.88. The standard InChI is InChI=1S/C19H28ClN3O2/c1-25-14-16-6-11-23(13-16)19(24)21-18-7-9-22(10-8-18)12-15-2-4-17(20)5-3-15/h2-5,16,18H,6-14H2,1H3,(H,21,24). The van der Waals surface area contributed by atoms with E-state index in [1.54, 1.807) is 7.11 Å². The van der Waals surface area contributed by atoms with E-state index < -0.39 is 0 Å². The van der Waals surface area contributed by atoms with Crippen LogP contribution in [0.1, 0.15) is 24.8 Å². The van der Waals surface area contributed by atoms with Gasteiger partial charge < -0.3 is 15.0 Å². The lowest BCUT2D eigenvalue weighted by Gasteiger charge is -2.33. The minimum atomic E-state index is 0.0924. The van der Waals surface area contributed by atoms with Crippen molar-refractivity contribution in [2.75, 3.05) is 39.9 Å². The van der Waals surface area contributed by atoms with Crippen molar-refractivity contribution in [3.05, 3.63) is 34.9 Å². The summed E-state index contributed by atoms with van der Waals surface area (Å²) in [7, 11) is 1.72. The van der Waals surface area contributed by atoms with Crippen LogP contribution in [0.3, 0.4) is 0 Å². The van der Waals surface area contributed by atoms with Gasteiger partial charge in [0.1, 0.15) is 0 Å². The summed E-state index contributed by atoms with van der Waals surface area (Å²) in [4.78, 5) is 16.8. The van der Waals surface area contributed by atoms with Crippen LogP contribution in [0.4, 0.5) is 4.79 Å². The second-order valence-corrected chi connectivity index (χ2v) is 7.62. The number of nitrogens with zero attached hydrogens (tertiary/aromatic N) is 2. The zero-order chi connectivity index (χ0) is 17.6. The number of hydrogen-bond donors (Lipinski definition) is 1. The average molecular weight is 366 g/mol. The molecule has 1 unspecified atom stereocenters. The summed E-state index contributed by atoms with van der Waals surface area (Å²) in [6.45, 7) is 5.37. The molecule has 3 rings (SSSR count). The molecule has 2 heterocycles. The maximum atomic E-state index is 12.4. The van der Waals surface area contributed by atoms with Crippen molar-refractivity contribution in [2.45, 2.75) is 31.8 Å². The number of urea groups is 1. The molecule has 0 aliphatic carbocycles. The maximum absolute atomic E-state index is 12.4. The number of ether oxygens (including phenoxy) is 1. The third-order valence-electron chi connectivity index (χ3n) is 5.21. The van der Waals surface area contributed by atoms with Gasteiger partial charge in [-0.05, 0) is 37.0 Å². The Morgan fingerprint density at radius 2 is 1.92 bits per heavy atom. The molecule has 2 saturated heterocycles. The van der Waals surface area contributed by atoms with E-state index in [2.05, 4.69) is 22.3 Å². The van der Waals surface area contributed by atoms with Gasteiger partial charge in [-0.15, -0.1) is 0 Å². The number of benzene rings is 1. The molecule has 0 saturated carbocycles. The number of carbonyl (C=O) groups is 1. The van der Waals surface area contributed by atoms with Gasteiger partial charge >= 0.3 is 6.03 Å². The fourth-order valence-electron chi connectivity index (χ4n) is 3.74. The number of hydrogen-bond acceptors (Lipinski definition) is 3. The molecule has 1 aromatic carbocycles. The van der Waals surface area contributed by atoms with E-state index in [1.807, 2.05) is 17.0 Å². The summed E-state index contributed by atoms with van der Waals surface area (Å²) in [5.41, 5.74) is 1.29. The van der Waals surface area contributed by atoms with E-state index in [4.69, 9.17) is 16.3 Å². The molecule has 0 radical (unpaired) electrons. The first kappa shape index (κ1) is 18.5. The summed E-state index contributed by atoms with van der Waals surface area (Å²) in [6, 6.07) is 8.43. The fourth-order valence-corrected chi connectivity index (χ4v) is 3.86. The number of halogens is 1. The summed E-state index contributed by atoms with van der Waals surface area (Å²) >= 11 is 5.94. The lowest BCUT2D eigenvalue weighted by molar-refractivity contribution is 0.150. The molecule has 2 aliphatic rings. The SMILES string of the molecule is COCC1CCN(C(=O)NC2CCN(Cc3ccc(Cl)cc3)CC2)C1. The quantitative estimate of drug-likeness (QED) is 0.872. The zero-order valence-corrected chi connectivity index (χ0v) is 15.7. The monoisotopic (exact) mass is 365 g/mol. The van der Waals surface area contributed by atoms with Gasteiger partial charge in [0, 0.05) is 56.8 Å². The number of carbonyl (C=O) groups excluding carboxylic acids is 1. The van der Waals surface area contributed by atoms with Crippen LogP contribution in [0.5, 0.6) is 0 Å². The zero-order valence-electron chi connectivity index (χ0n) is 14.9. The van der Waals surface area contributed by atoms with Crippen molar-refractivity contribution in [3.8, 4) is 0 Å². The fraction of sp³-hybridized carbons (Fsp3) is 0.632. The molecular weight excluding hydrogens is 338 g/mol. The largest absolute Gasteiger partial charge is 0.384 e. The highest BCUT2D eigenvalue weighted by Crippen LogP contribution is 2.19. The molecule has 1 atom stereocenters. The van der Waals surface area contributed by atoms with E-state index in [9.17, 15) is 4.79 Å². The van der Waals surface area contributed by atoms with Gasteiger partial charge in [0.25, 0.3) is 0 Å². The summed E-state index contributed by atoms with van der Waals surface area (Å²) in [6.07, 6.45) is 3.06. The van der Waals surface area contributed by atoms with Crippen LogP contribution in [0.2, 0.25) is 5.02 Å². The Morgan fingerprint density at radius 1 is 1.20 bits per heavy atom. The van der Waals surface area contributed by atoms with Crippen molar-refractivity contribution in [2.24, 2.45) is 5.92 Å². The molecule has 5 nitrogen and oxygen atoms in total. The number of piperidine rings is 1. The van der Waals surface area contributed by atoms with Crippen molar-refractivity contribution in [3.63, 3.8) is 0 Å². The molecule has 25 heavy (non-hydrogen) atoms. The highest BCUT2D eigenvalue weighted by molar-refractivity contribution is 6.30. The number of methoxy groups -OCH3 is 1. The summed E-state index contributed by atoms with van der Waals surface area (Å²) < 4.78 is 5.20. The lowest BCUT2D eigenvalue weighted by atomic mass is 10.0. The highest BCUT2D eigenvalue weighted by Gasteiger charge is 2.28. The molecule has 2 fully saturated rings. The molecule has 0 bridgehead atoms. The first-order valence-electron chi connectivity index (χ1n) is 9.15. The Morgan fingerprint density at radius 3 is 2.60 bits per heavy atom. The van der Waals surface area contributed by atoms with Crippen molar-refractivity contribution < 1.29 is 9.53 Å². The predicted molar refractivity (Wildman–Crippen MR) is 99.8 cm³/mol. The van der Waals surface area contributed by atoms with E-state index >= 15 is 0 Å². The molecule has 2 aliphatic heterocycles.